The van der Waals surface area contributed by atoms with Crippen LogP contribution >= 0.6 is 11.3 Å². The lowest BCUT2D eigenvalue weighted by molar-refractivity contribution is 0.0604. The van der Waals surface area contributed by atoms with Gasteiger partial charge in [0.2, 0.25) is 0 Å². The van der Waals surface area contributed by atoms with Crippen molar-refractivity contribution in [3.63, 3.8) is 0 Å². The molecule has 0 saturated carbocycles. The molecule has 94 valence electrons. The van der Waals surface area contributed by atoms with Crippen molar-refractivity contribution in [3.8, 4) is 11.5 Å². The van der Waals surface area contributed by atoms with E-state index in [9.17, 15) is 4.79 Å². The van der Waals surface area contributed by atoms with Gasteiger partial charge in [0.25, 0.3) is 0 Å². The van der Waals surface area contributed by atoms with E-state index < -0.39 is 5.97 Å². The Hall–Kier alpha value is -2.21. The lowest BCUT2D eigenvalue weighted by Gasteiger charge is -2.08. The second-order valence-corrected chi connectivity index (χ2v) is 4.42. The quantitative estimate of drug-likeness (QED) is 0.657. The molecule has 1 aromatic heterocycles. The summed E-state index contributed by atoms with van der Waals surface area (Å²) in [6.07, 6.45) is 0. The van der Waals surface area contributed by atoms with Crippen LogP contribution in [-0.4, -0.2) is 13.1 Å². The summed E-state index contributed by atoms with van der Waals surface area (Å²) in [7, 11) is 1.32. The fraction of sp³-hybridized carbons (Fsp3) is 0.0833. The van der Waals surface area contributed by atoms with Gasteiger partial charge in [-0.1, -0.05) is 0 Å². The number of thiophene rings is 1. The number of carbonyl (C=O) groups excluding carboxylic acids is 1. The zero-order chi connectivity index (χ0) is 13.1. The van der Waals surface area contributed by atoms with Gasteiger partial charge in [0.05, 0.1) is 12.8 Å². The second kappa shape index (κ2) is 4.97. The lowest BCUT2D eigenvalue weighted by Crippen LogP contribution is -2.01. The predicted molar refractivity (Wildman–Crippen MR) is 71.0 cm³/mol. The van der Waals surface area contributed by atoms with Crippen molar-refractivity contribution >= 4 is 28.7 Å². The van der Waals surface area contributed by atoms with E-state index in [1.807, 2.05) is 0 Å². The number of carbonyl (C=O) groups is 1. The summed E-state index contributed by atoms with van der Waals surface area (Å²) >= 11 is 1.25. The molecule has 2 aromatic rings. The van der Waals surface area contributed by atoms with E-state index in [0.29, 0.717) is 27.8 Å². The van der Waals surface area contributed by atoms with E-state index in [0.717, 1.165) is 0 Å². The van der Waals surface area contributed by atoms with Crippen LogP contribution in [0.4, 0.5) is 11.4 Å². The molecule has 1 aromatic carbocycles. The third-order valence-corrected chi connectivity index (χ3v) is 3.13. The van der Waals surface area contributed by atoms with Gasteiger partial charge in [-0.2, -0.15) is 0 Å². The van der Waals surface area contributed by atoms with Gasteiger partial charge in [0.15, 0.2) is 16.4 Å². The Labute approximate surface area is 108 Å². The highest BCUT2D eigenvalue weighted by Gasteiger charge is 2.16. The van der Waals surface area contributed by atoms with Crippen molar-refractivity contribution in [2.24, 2.45) is 0 Å². The Morgan fingerprint density at radius 2 is 2.00 bits per heavy atom. The molecular weight excluding hydrogens is 252 g/mol. The van der Waals surface area contributed by atoms with Gasteiger partial charge in [0.1, 0.15) is 0 Å². The number of nitrogen functional groups attached to an aromatic ring is 2. The third-order valence-electron chi connectivity index (χ3n) is 2.25. The fourth-order valence-corrected chi connectivity index (χ4v) is 2.13. The number of nitrogens with two attached hydrogens (primary N) is 2. The Balaban J connectivity index is 2.29. The molecule has 0 unspecified atom stereocenters. The number of benzene rings is 1. The van der Waals surface area contributed by atoms with Crippen LogP contribution < -0.4 is 16.2 Å². The minimum Gasteiger partial charge on any atom is -0.465 e. The van der Waals surface area contributed by atoms with E-state index in [4.69, 9.17) is 16.2 Å². The molecule has 18 heavy (non-hydrogen) atoms. The molecule has 5 nitrogen and oxygen atoms in total. The molecule has 0 aliphatic heterocycles. The van der Waals surface area contributed by atoms with Crippen molar-refractivity contribution in [2.75, 3.05) is 18.6 Å². The highest BCUT2D eigenvalue weighted by molar-refractivity contribution is 7.12. The molecule has 0 amide bonds. The van der Waals surface area contributed by atoms with Gasteiger partial charge < -0.3 is 20.9 Å². The average Bonchev–Trinajstić information content (AvgIpc) is 2.80. The van der Waals surface area contributed by atoms with Crippen LogP contribution in [0.25, 0.3) is 0 Å². The minimum atomic E-state index is -0.436. The fourth-order valence-electron chi connectivity index (χ4n) is 1.40. The SMILES string of the molecule is COC(=O)c1sccc1Oc1ccc(N)cc1N. The highest BCUT2D eigenvalue weighted by atomic mass is 32.1. The van der Waals surface area contributed by atoms with Crippen LogP contribution in [0.15, 0.2) is 29.6 Å². The molecular formula is C12H12N2O3S. The number of methoxy groups -OCH3 is 1. The van der Waals surface area contributed by atoms with Crippen LogP contribution in [0.5, 0.6) is 11.5 Å². The normalized spacial score (nSPS) is 10.1. The van der Waals surface area contributed by atoms with Gasteiger partial charge in [-0.25, -0.2) is 4.79 Å². The molecule has 1 heterocycles. The second-order valence-electron chi connectivity index (χ2n) is 3.50. The predicted octanol–water partition coefficient (Wildman–Crippen LogP) is 2.49. The molecule has 6 heteroatoms. The van der Waals surface area contributed by atoms with Gasteiger partial charge in [-0.05, 0) is 29.6 Å². The number of anilines is 2. The Kier molecular flexibility index (Phi) is 3.38. The summed E-state index contributed by atoms with van der Waals surface area (Å²) in [5.41, 5.74) is 12.3. The Bertz CT molecular complexity index is 580. The van der Waals surface area contributed by atoms with Crippen molar-refractivity contribution in [2.45, 2.75) is 0 Å². The molecule has 0 radical (unpaired) electrons. The van der Waals surface area contributed by atoms with Crippen molar-refractivity contribution < 1.29 is 14.3 Å². The first-order chi connectivity index (χ1) is 8.61. The van der Waals surface area contributed by atoms with Crippen LogP contribution in [0.1, 0.15) is 9.67 Å². The van der Waals surface area contributed by atoms with Gasteiger partial charge in [-0.3, -0.25) is 0 Å². The smallest absolute Gasteiger partial charge is 0.351 e. The molecule has 0 aliphatic rings. The highest BCUT2D eigenvalue weighted by Crippen LogP contribution is 2.33. The molecule has 0 atom stereocenters. The zero-order valence-corrected chi connectivity index (χ0v) is 10.5. The van der Waals surface area contributed by atoms with Gasteiger partial charge >= 0.3 is 5.97 Å². The Morgan fingerprint density at radius 3 is 2.67 bits per heavy atom. The van der Waals surface area contributed by atoms with E-state index in [1.54, 1.807) is 29.6 Å². The van der Waals surface area contributed by atoms with Crippen molar-refractivity contribution in [1.82, 2.24) is 0 Å². The summed E-state index contributed by atoms with van der Waals surface area (Å²) in [6.45, 7) is 0. The Morgan fingerprint density at radius 1 is 1.22 bits per heavy atom. The number of esters is 1. The first-order valence-corrected chi connectivity index (χ1v) is 5.98. The summed E-state index contributed by atoms with van der Waals surface area (Å²) in [4.78, 5) is 11.9. The molecule has 0 spiro atoms. The topological polar surface area (TPSA) is 87.6 Å². The van der Waals surface area contributed by atoms with Crippen LogP contribution in [-0.2, 0) is 4.74 Å². The van der Waals surface area contributed by atoms with Crippen molar-refractivity contribution in [3.05, 3.63) is 34.5 Å². The largest absolute Gasteiger partial charge is 0.465 e. The van der Waals surface area contributed by atoms with E-state index in [1.165, 1.54) is 18.4 Å². The summed E-state index contributed by atoms with van der Waals surface area (Å²) in [5.74, 6) is 0.435. The van der Waals surface area contributed by atoms with E-state index >= 15 is 0 Å². The average molecular weight is 264 g/mol. The van der Waals surface area contributed by atoms with Gasteiger partial charge in [0, 0.05) is 5.69 Å². The maximum atomic E-state index is 11.5. The maximum absolute atomic E-state index is 11.5. The van der Waals surface area contributed by atoms with E-state index in [2.05, 4.69) is 4.74 Å². The summed E-state index contributed by atoms with van der Waals surface area (Å²) in [6, 6.07) is 6.62. The number of hydrogen-bond donors (Lipinski definition) is 2. The molecule has 0 saturated heterocycles. The molecule has 4 N–H and O–H groups in total. The van der Waals surface area contributed by atoms with Crippen molar-refractivity contribution in [1.29, 1.82) is 0 Å². The van der Waals surface area contributed by atoms with E-state index in [-0.39, 0.29) is 0 Å². The number of ether oxygens (including phenoxy) is 2. The maximum Gasteiger partial charge on any atom is 0.351 e. The monoisotopic (exact) mass is 264 g/mol. The zero-order valence-electron chi connectivity index (χ0n) is 9.67. The van der Waals surface area contributed by atoms with Crippen LogP contribution in [0, 0.1) is 0 Å². The van der Waals surface area contributed by atoms with Crippen LogP contribution in [0.3, 0.4) is 0 Å². The first-order valence-electron chi connectivity index (χ1n) is 5.10. The first kappa shape index (κ1) is 12.3. The van der Waals surface area contributed by atoms with Crippen LogP contribution in [0.2, 0.25) is 0 Å². The van der Waals surface area contributed by atoms with Gasteiger partial charge in [-0.15, -0.1) is 11.3 Å². The number of rotatable bonds is 3. The molecule has 2 rings (SSSR count). The summed E-state index contributed by atoms with van der Waals surface area (Å²) in [5, 5.41) is 1.75. The molecule has 0 aliphatic carbocycles. The number of hydrogen-bond acceptors (Lipinski definition) is 6. The molecule has 0 bridgehead atoms. The molecule has 0 fully saturated rings. The minimum absolute atomic E-state index is 0.397. The third kappa shape index (κ3) is 2.38. The standard InChI is InChI=1S/C12H12N2O3S/c1-16-12(15)11-10(4-5-18-11)17-9-3-2-7(13)6-8(9)14/h2-6H,13-14H2,1H3. The lowest BCUT2D eigenvalue weighted by atomic mass is 10.2. The summed E-state index contributed by atoms with van der Waals surface area (Å²) < 4.78 is 10.2.